The lowest BCUT2D eigenvalue weighted by atomic mass is 10.2. The van der Waals surface area contributed by atoms with Crippen molar-refractivity contribution in [1.29, 1.82) is 0 Å². The molecule has 0 spiro atoms. The number of sulfonamides is 1. The molecule has 2 aromatic rings. The Morgan fingerprint density at radius 2 is 1.57 bits per heavy atom. The number of ether oxygens (including phenoxy) is 2. The van der Waals surface area contributed by atoms with Crippen molar-refractivity contribution in [2.24, 2.45) is 0 Å². The minimum atomic E-state index is -3.62. The van der Waals surface area contributed by atoms with Crippen LogP contribution in [0.5, 0.6) is 11.5 Å². The summed E-state index contributed by atoms with van der Waals surface area (Å²) in [6.45, 7) is 4.85. The number of hydrogen-bond donors (Lipinski definition) is 1. The van der Waals surface area contributed by atoms with Crippen molar-refractivity contribution in [1.82, 2.24) is 4.72 Å². The topological polar surface area (TPSA) is 64.6 Å². The van der Waals surface area contributed by atoms with Crippen LogP contribution in [0.4, 0.5) is 0 Å². The fraction of sp³-hybridized carbons (Fsp3) is 0.294. The van der Waals surface area contributed by atoms with E-state index in [0.717, 1.165) is 5.56 Å². The van der Waals surface area contributed by atoms with Crippen LogP contribution in [-0.4, -0.2) is 21.6 Å². The first kappa shape index (κ1) is 17.3. The van der Waals surface area contributed by atoms with Crippen molar-refractivity contribution in [3.8, 4) is 11.5 Å². The third-order valence-corrected chi connectivity index (χ3v) is 4.53. The molecule has 0 radical (unpaired) electrons. The molecule has 0 aliphatic carbocycles. The zero-order chi connectivity index (χ0) is 16.7. The van der Waals surface area contributed by atoms with Gasteiger partial charge in [-0.2, -0.15) is 0 Å². The normalized spacial score (nSPS) is 11.2. The van der Waals surface area contributed by atoms with Crippen LogP contribution in [0.15, 0.2) is 53.4 Å². The lowest BCUT2D eigenvalue weighted by molar-refractivity contribution is 0.287. The van der Waals surface area contributed by atoms with Gasteiger partial charge in [0.15, 0.2) is 11.5 Å². The Morgan fingerprint density at radius 1 is 0.913 bits per heavy atom. The molecule has 0 bridgehead atoms. The van der Waals surface area contributed by atoms with Crippen LogP contribution in [-0.2, 0) is 16.6 Å². The van der Waals surface area contributed by atoms with Crippen LogP contribution < -0.4 is 14.2 Å². The van der Waals surface area contributed by atoms with Gasteiger partial charge in [0.25, 0.3) is 0 Å². The predicted octanol–water partition coefficient (Wildman–Crippen LogP) is 2.96. The summed E-state index contributed by atoms with van der Waals surface area (Å²) in [5.41, 5.74) is 0.895. The average molecular weight is 335 g/mol. The van der Waals surface area contributed by atoms with Crippen LogP contribution in [0.1, 0.15) is 19.4 Å². The summed E-state index contributed by atoms with van der Waals surface area (Å²) in [6, 6.07) is 14.0. The first-order valence-electron chi connectivity index (χ1n) is 7.50. The van der Waals surface area contributed by atoms with Crippen molar-refractivity contribution in [3.63, 3.8) is 0 Å². The third-order valence-electron chi connectivity index (χ3n) is 3.13. The molecule has 6 heteroatoms. The number of nitrogens with one attached hydrogen (secondary N) is 1. The van der Waals surface area contributed by atoms with E-state index in [0.29, 0.717) is 24.7 Å². The lowest BCUT2D eigenvalue weighted by Crippen LogP contribution is -2.23. The van der Waals surface area contributed by atoms with Gasteiger partial charge in [-0.3, -0.25) is 0 Å². The van der Waals surface area contributed by atoms with E-state index in [2.05, 4.69) is 4.72 Å². The largest absolute Gasteiger partial charge is 0.490 e. The molecule has 0 aliphatic rings. The molecule has 0 heterocycles. The van der Waals surface area contributed by atoms with Gasteiger partial charge in [-0.25, -0.2) is 13.1 Å². The Labute approximate surface area is 137 Å². The first-order chi connectivity index (χ1) is 11.1. The minimum Gasteiger partial charge on any atom is -0.490 e. The van der Waals surface area contributed by atoms with E-state index < -0.39 is 10.0 Å². The number of rotatable bonds is 8. The van der Waals surface area contributed by atoms with Gasteiger partial charge in [-0.1, -0.05) is 30.3 Å². The smallest absolute Gasteiger partial charge is 0.241 e. The fourth-order valence-electron chi connectivity index (χ4n) is 2.06. The van der Waals surface area contributed by atoms with E-state index in [1.54, 1.807) is 6.07 Å². The van der Waals surface area contributed by atoms with Crippen LogP contribution in [0.25, 0.3) is 0 Å². The van der Waals surface area contributed by atoms with Gasteiger partial charge in [-0.05, 0) is 31.5 Å². The van der Waals surface area contributed by atoms with E-state index in [1.165, 1.54) is 12.1 Å². The lowest BCUT2D eigenvalue weighted by Gasteiger charge is -2.13. The standard InChI is InChI=1S/C17H21NO4S/c1-3-21-16-11-10-15(12-17(16)22-4-2)23(19,20)18-13-14-8-6-5-7-9-14/h5-12,18H,3-4,13H2,1-2H3. The molecule has 0 fully saturated rings. The predicted molar refractivity (Wildman–Crippen MR) is 89.2 cm³/mol. The summed E-state index contributed by atoms with van der Waals surface area (Å²) in [5.74, 6) is 0.966. The summed E-state index contributed by atoms with van der Waals surface area (Å²) < 4.78 is 38.4. The number of benzene rings is 2. The maximum atomic E-state index is 12.4. The maximum absolute atomic E-state index is 12.4. The van der Waals surface area contributed by atoms with Crippen LogP contribution in [0, 0.1) is 0 Å². The maximum Gasteiger partial charge on any atom is 0.241 e. The Kier molecular flexibility index (Phi) is 6.01. The minimum absolute atomic E-state index is 0.153. The van der Waals surface area contributed by atoms with Crippen LogP contribution in [0.3, 0.4) is 0 Å². The number of hydrogen-bond acceptors (Lipinski definition) is 4. The fourth-order valence-corrected chi connectivity index (χ4v) is 3.09. The van der Waals surface area contributed by atoms with Crippen molar-refractivity contribution < 1.29 is 17.9 Å². The summed E-state index contributed by atoms with van der Waals surface area (Å²) in [4.78, 5) is 0.153. The van der Waals surface area contributed by atoms with Crippen molar-refractivity contribution in [2.45, 2.75) is 25.3 Å². The molecule has 0 aliphatic heterocycles. The monoisotopic (exact) mass is 335 g/mol. The molecule has 1 N–H and O–H groups in total. The second-order valence-electron chi connectivity index (χ2n) is 4.78. The molecule has 0 saturated carbocycles. The highest BCUT2D eigenvalue weighted by molar-refractivity contribution is 7.89. The summed E-state index contributed by atoms with van der Waals surface area (Å²) >= 11 is 0. The van der Waals surface area contributed by atoms with E-state index in [1.807, 2.05) is 44.2 Å². The zero-order valence-corrected chi connectivity index (χ0v) is 14.1. The third kappa shape index (κ3) is 4.71. The Balaban J connectivity index is 2.20. The summed E-state index contributed by atoms with van der Waals surface area (Å²) in [6.07, 6.45) is 0. The average Bonchev–Trinajstić information content (AvgIpc) is 2.56. The molecule has 124 valence electrons. The Morgan fingerprint density at radius 3 is 2.22 bits per heavy atom. The van der Waals surface area contributed by atoms with Crippen molar-refractivity contribution >= 4 is 10.0 Å². The molecular weight excluding hydrogens is 314 g/mol. The highest BCUT2D eigenvalue weighted by Crippen LogP contribution is 2.30. The molecule has 0 amide bonds. The molecule has 23 heavy (non-hydrogen) atoms. The molecule has 0 saturated heterocycles. The second kappa shape index (κ2) is 7.99. The van der Waals surface area contributed by atoms with Gasteiger partial charge < -0.3 is 9.47 Å². The van der Waals surface area contributed by atoms with Gasteiger partial charge in [0.05, 0.1) is 18.1 Å². The highest BCUT2D eigenvalue weighted by atomic mass is 32.2. The van der Waals surface area contributed by atoms with Crippen LogP contribution >= 0.6 is 0 Å². The van der Waals surface area contributed by atoms with Gasteiger partial charge in [0, 0.05) is 12.6 Å². The van der Waals surface area contributed by atoms with Gasteiger partial charge in [-0.15, -0.1) is 0 Å². The van der Waals surface area contributed by atoms with E-state index in [-0.39, 0.29) is 11.4 Å². The zero-order valence-electron chi connectivity index (χ0n) is 13.3. The van der Waals surface area contributed by atoms with E-state index in [9.17, 15) is 8.42 Å². The quantitative estimate of drug-likeness (QED) is 0.805. The molecular formula is C17H21NO4S. The Bertz CT molecular complexity index is 730. The first-order valence-corrected chi connectivity index (χ1v) is 8.98. The van der Waals surface area contributed by atoms with Crippen LogP contribution in [0.2, 0.25) is 0 Å². The molecule has 2 rings (SSSR count). The van der Waals surface area contributed by atoms with Crippen molar-refractivity contribution in [2.75, 3.05) is 13.2 Å². The van der Waals surface area contributed by atoms with E-state index in [4.69, 9.17) is 9.47 Å². The van der Waals surface area contributed by atoms with E-state index >= 15 is 0 Å². The second-order valence-corrected chi connectivity index (χ2v) is 6.55. The summed E-state index contributed by atoms with van der Waals surface area (Å²) in [5, 5.41) is 0. The van der Waals surface area contributed by atoms with Gasteiger partial charge in [0.2, 0.25) is 10.0 Å². The molecule has 5 nitrogen and oxygen atoms in total. The molecule has 0 aromatic heterocycles. The van der Waals surface area contributed by atoms with Crippen molar-refractivity contribution in [3.05, 3.63) is 54.1 Å². The van der Waals surface area contributed by atoms with Gasteiger partial charge >= 0.3 is 0 Å². The highest BCUT2D eigenvalue weighted by Gasteiger charge is 2.17. The molecule has 2 aromatic carbocycles. The van der Waals surface area contributed by atoms with Gasteiger partial charge in [0.1, 0.15) is 0 Å². The Hall–Kier alpha value is -2.05. The molecule has 0 unspecified atom stereocenters. The SMILES string of the molecule is CCOc1ccc(S(=O)(=O)NCc2ccccc2)cc1OCC. The molecule has 0 atom stereocenters. The summed E-state index contributed by atoms with van der Waals surface area (Å²) in [7, 11) is -3.62.